The van der Waals surface area contributed by atoms with E-state index in [1.54, 1.807) is 14.1 Å². The van der Waals surface area contributed by atoms with Crippen LogP contribution in [0.25, 0.3) is 0 Å². The van der Waals surface area contributed by atoms with Crippen LogP contribution in [-0.2, 0) is 17.9 Å². The smallest absolute Gasteiger partial charge is 0.241 e. The van der Waals surface area contributed by atoms with Crippen LogP contribution in [0.3, 0.4) is 0 Å². The van der Waals surface area contributed by atoms with Gasteiger partial charge in [0.25, 0.3) is 0 Å². The largest absolute Gasteiger partial charge is 0.489 e. The number of amides is 1. The quantitative estimate of drug-likeness (QED) is 0.757. The number of likely N-dealkylation sites (N-methyl/N-ethyl adjacent to an activating group) is 1. The maximum absolute atomic E-state index is 11.9. The van der Waals surface area contributed by atoms with Crippen molar-refractivity contribution < 1.29 is 14.6 Å². The first-order valence-corrected chi connectivity index (χ1v) is 8.39. The summed E-state index contributed by atoms with van der Waals surface area (Å²) in [6, 6.07) is 14.5. The Balaban J connectivity index is 1.87. The van der Waals surface area contributed by atoms with Crippen LogP contribution in [0.15, 0.2) is 48.5 Å². The van der Waals surface area contributed by atoms with Gasteiger partial charge in [0.15, 0.2) is 0 Å². The zero-order chi connectivity index (χ0) is 18.2. The number of hydrogen-bond donors (Lipinski definition) is 2. The molecule has 0 radical (unpaired) electrons. The zero-order valence-electron chi connectivity index (χ0n) is 14.4. The molecular formula is C19H23ClN2O3. The first-order valence-electron chi connectivity index (χ1n) is 8.02. The highest BCUT2D eigenvalue weighted by atomic mass is 35.5. The number of aliphatic hydroxyl groups excluding tert-OH is 1. The van der Waals surface area contributed by atoms with Crippen molar-refractivity contribution in [3.05, 3.63) is 64.7 Å². The van der Waals surface area contributed by atoms with E-state index in [2.05, 4.69) is 5.32 Å². The SMILES string of the molecule is CN(C)C(=O)C(CO)NCc1ccc(OCc2ccccc2Cl)cc1. The highest BCUT2D eigenvalue weighted by Gasteiger charge is 2.18. The van der Waals surface area contributed by atoms with Gasteiger partial charge in [0.05, 0.1) is 6.61 Å². The van der Waals surface area contributed by atoms with Crippen molar-refractivity contribution in [3.63, 3.8) is 0 Å². The molecule has 0 aliphatic heterocycles. The van der Waals surface area contributed by atoms with E-state index in [-0.39, 0.29) is 12.5 Å². The number of hydrogen-bond acceptors (Lipinski definition) is 4. The van der Waals surface area contributed by atoms with Gasteiger partial charge < -0.3 is 14.7 Å². The summed E-state index contributed by atoms with van der Waals surface area (Å²) in [6.45, 7) is 0.646. The van der Waals surface area contributed by atoms with Gasteiger partial charge in [0.2, 0.25) is 5.91 Å². The van der Waals surface area contributed by atoms with Crippen LogP contribution in [0.2, 0.25) is 5.02 Å². The summed E-state index contributed by atoms with van der Waals surface area (Å²) >= 11 is 6.11. The molecule has 0 saturated heterocycles. The van der Waals surface area contributed by atoms with Crippen molar-refractivity contribution in [1.82, 2.24) is 10.2 Å². The molecule has 0 bridgehead atoms. The molecule has 0 spiro atoms. The fraction of sp³-hybridized carbons (Fsp3) is 0.316. The average molecular weight is 363 g/mol. The molecule has 0 aromatic heterocycles. The maximum Gasteiger partial charge on any atom is 0.241 e. The van der Waals surface area contributed by atoms with Crippen LogP contribution in [0.5, 0.6) is 5.75 Å². The monoisotopic (exact) mass is 362 g/mol. The fourth-order valence-corrected chi connectivity index (χ4v) is 2.45. The van der Waals surface area contributed by atoms with E-state index in [1.807, 2.05) is 48.5 Å². The summed E-state index contributed by atoms with van der Waals surface area (Å²) in [5.74, 6) is 0.592. The van der Waals surface area contributed by atoms with Gasteiger partial charge in [-0.25, -0.2) is 0 Å². The Bertz CT molecular complexity index is 689. The number of rotatable bonds is 8. The van der Waals surface area contributed by atoms with Gasteiger partial charge in [-0.15, -0.1) is 0 Å². The van der Waals surface area contributed by atoms with Gasteiger partial charge >= 0.3 is 0 Å². The van der Waals surface area contributed by atoms with Crippen LogP contribution in [0.4, 0.5) is 0 Å². The van der Waals surface area contributed by atoms with E-state index in [0.717, 1.165) is 16.9 Å². The Morgan fingerprint density at radius 2 is 1.88 bits per heavy atom. The Labute approximate surface area is 153 Å². The minimum absolute atomic E-state index is 0.151. The second-order valence-corrected chi connectivity index (χ2v) is 6.28. The first kappa shape index (κ1) is 19.2. The van der Waals surface area contributed by atoms with Crippen molar-refractivity contribution >= 4 is 17.5 Å². The Morgan fingerprint density at radius 3 is 2.48 bits per heavy atom. The summed E-state index contributed by atoms with van der Waals surface area (Å²) in [5, 5.41) is 13.1. The zero-order valence-corrected chi connectivity index (χ0v) is 15.2. The van der Waals surface area contributed by atoms with Crippen molar-refractivity contribution in [1.29, 1.82) is 0 Å². The van der Waals surface area contributed by atoms with Gasteiger partial charge in [-0.05, 0) is 23.8 Å². The van der Waals surface area contributed by atoms with E-state index in [1.165, 1.54) is 4.90 Å². The van der Waals surface area contributed by atoms with Crippen molar-refractivity contribution in [2.45, 2.75) is 19.2 Å². The van der Waals surface area contributed by atoms with Gasteiger partial charge in [0, 0.05) is 31.2 Å². The van der Waals surface area contributed by atoms with Gasteiger partial charge in [-0.3, -0.25) is 10.1 Å². The molecule has 2 aromatic carbocycles. The van der Waals surface area contributed by atoms with E-state index in [9.17, 15) is 9.90 Å². The van der Waals surface area contributed by atoms with Gasteiger partial charge in [0.1, 0.15) is 18.4 Å². The number of aliphatic hydroxyl groups is 1. The maximum atomic E-state index is 11.9. The number of halogens is 1. The predicted molar refractivity (Wildman–Crippen MR) is 98.6 cm³/mol. The molecule has 0 heterocycles. The van der Waals surface area contributed by atoms with Crippen molar-refractivity contribution in [2.75, 3.05) is 20.7 Å². The average Bonchev–Trinajstić information content (AvgIpc) is 2.62. The predicted octanol–water partition coefficient (Wildman–Crippen LogP) is 2.46. The normalized spacial score (nSPS) is 11.8. The second kappa shape index (κ2) is 9.42. The van der Waals surface area contributed by atoms with Crippen molar-refractivity contribution in [2.24, 2.45) is 0 Å². The third-order valence-electron chi connectivity index (χ3n) is 3.75. The van der Waals surface area contributed by atoms with E-state index in [0.29, 0.717) is 18.2 Å². The van der Waals surface area contributed by atoms with Gasteiger partial charge in [-0.2, -0.15) is 0 Å². The lowest BCUT2D eigenvalue weighted by Crippen LogP contribution is -2.45. The molecule has 0 fully saturated rings. The van der Waals surface area contributed by atoms with E-state index >= 15 is 0 Å². The lowest BCUT2D eigenvalue weighted by Gasteiger charge is -2.19. The summed E-state index contributed by atoms with van der Waals surface area (Å²) in [5.41, 5.74) is 1.93. The molecule has 25 heavy (non-hydrogen) atoms. The molecule has 5 nitrogen and oxygen atoms in total. The summed E-state index contributed by atoms with van der Waals surface area (Å²) in [4.78, 5) is 13.3. The molecule has 2 aromatic rings. The summed E-state index contributed by atoms with van der Waals surface area (Å²) < 4.78 is 5.74. The Kier molecular flexibility index (Phi) is 7.25. The molecule has 0 saturated carbocycles. The van der Waals surface area contributed by atoms with E-state index < -0.39 is 6.04 Å². The molecule has 2 rings (SSSR count). The molecule has 2 N–H and O–H groups in total. The molecule has 0 aliphatic carbocycles. The lowest BCUT2D eigenvalue weighted by molar-refractivity contribution is -0.131. The highest BCUT2D eigenvalue weighted by Crippen LogP contribution is 2.19. The van der Waals surface area contributed by atoms with E-state index in [4.69, 9.17) is 16.3 Å². The molecule has 0 aliphatic rings. The number of benzene rings is 2. The summed E-state index contributed by atoms with van der Waals surface area (Å²) in [7, 11) is 3.33. The molecule has 1 unspecified atom stereocenters. The Hall–Kier alpha value is -2.08. The number of carbonyl (C=O) groups is 1. The number of ether oxygens (including phenoxy) is 1. The third-order valence-corrected chi connectivity index (χ3v) is 4.12. The van der Waals surface area contributed by atoms with Crippen LogP contribution < -0.4 is 10.1 Å². The molecule has 1 atom stereocenters. The minimum Gasteiger partial charge on any atom is -0.489 e. The standard InChI is InChI=1S/C19H23ClN2O3/c1-22(2)19(24)18(12-23)21-11-14-7-9-16(10-8-14)25-13-15-5-3-4-6-17(15)20/h3-10,18,21,23H,11-13H2,1-2H3. The lowest BCUT2D eigenvalue weighted by atomic mass is 10.2. The first-order chi connectivity index (χ1) is 12.0. The molecular weight excluding hydrogens is 340 g/mol. The topological polar surface area (TPSA) is 61.8 Å². The number of carbonyl (C=O) groups excluding carboxylic acids is 1. The fourth-order valence-electron chi connectivity index (χ4n) is 2.26. The van der Waals surface area contributed by atoms with Crippen LogP contribution in [-0.4, -0.2) is 42.7 Å². The number of nitrogens with one attached hydrogen (secondary N) is 1. The third kappa shape index (κ3) is 5.74. The molecule has 134 valence electrons. The van der Waals surface area contributed by atoms with Crippen molar-refractivity contribution in [3.8, 4) is 5.75 Å². The summed E-state index contributed by atoms with van der Waals surface area (Å²) in [6.07, 6.45) is 0. The number of nitrogens with zero attached hydrogens (tertiary/aromatic N) is 1. The molecule has 6 heteroatoms. The van der Waals surface area contributed by atoms with Gasteiger partial charge in [-0.1, -0.05) is 41.9 Å². The highest BCUT2D eigenvalue weighted by molar-refractivity contribution is 6.31. The molecule has 1 amide bonds. The van der Waals surface area contributed by atoms with Crippen LogP contribution in [0, 0.1) is 0 Å². The Morgan fingerprint density at radius 1 is 1.20 bits per heavy atom. The van der Waals surface area contributed by atoms with Crippen LogP contribution in [0.1, 0.15) is 11.1 Å². The second-order valence-electron chi connectivity index (χ2n) is 5.87. The minimum atomic E-state index is -0.605. The van der Waals surface area contributed by atoms with Crippen LogP contribution >= 0.6 is 11.6 Å².